The van der Waals surface area contributed by atoms with Crippen molar-refractivity contribution in [3.63, 3.8) is 0 Å². The molecular formula is C25H26Cl2N4O. The Labute approximate surface area is 200 Å². The van der Waals surface area contributed by atoms with Crippen LogP contribution in [0.15, 0.2) is 91.3 Å². The number of pyridine rings is 1. The standard InChI is InChI=1S/C25H24N4O.2ClH/c26-16-22(24(18-8-3-1-4-9-18)19-10-5-2-6-11-19)29-23(30)14-13-20-17-28-25-21(20)12-7-15-27-25;;/h1-15,17,22,24H,16,26H2,(H,27,28)(H,29,30);2*1H/t22-;;/m1../s1. The fourth-order valence-electron chi connectivity index (χ4n) is 3.77. The summed E-state index contributed by atoms with van der Waals surface area (Å²) in [6.07, 6.45) is 6.92. The maximum absolute atomic E-state index is 12.7. The summed E-state index contributed by atoms with van der Waals surface area (Å²) in [6.45, 7) is 0.324. The van der Waals surface area contributed by atoms with Crippen molar-refractivity contribution in [2.45, 2.75) is 12.0 Å². The predicted octanol–water partition coefficient (Wildman–Crippen LogP) is 4.70. The first-order chi connectivity index (χ1) is 14.8. The van der Waals surface area contributed by atoms with Crippen LogP contribution < -0.4 is 11.1 Å². The van der Waals surface area contributed by atoms with E-state index in [4.69, 9.17) is 5.73 Å². The molecule has 2 aromatic carbocycles. The molecule has 4 N–H and O–H groups in total. The van der Waals surface area contributed by atoms with Gasteiger partial charge in [0.2, 0.25) is 5.91 Å². The molecule has 0 aliphatic rings. The van der Waals surface area contributed by atoms with Crippen LogP contribution in [0.3, 0.4) is 0 Å². The molecule has 2 aromatic heterocycles. The fraction of sp³-hybridized carbons (Fsp3) is 0.120. The van der Waals surface area contributed by atoms with Gasteiger partial charge in [0.25, 0.3) is 0 Å². The second-order valence-corrected chi connectivity index (χ2v) is 7.13. The number of nitrogens with zero attached hydrogens (tertiary/aromatic N) is 1. The Morgan fingerprint density at radius 2 is 1.59 bits per heavy atom. The lowest BCUT2D eigenvalue weighted by Gasteiger charge is -2.27. The molecule has 4 rings (SSSR count). The SMILES string of the molecule is Cl.Cl.NC[C@@H](NC(=O)C=Cc1c[nH]c2ncccc12)C(c1ccccc1)c1ccccc1. The second kappa shape index (κ2) is 12.1. The van der Waals surface area contributed by atoms with E-state index < -0.39 is 0 Å². The number of nitrogens with one attached hydrogen (secondary N) is 2. The van der Waals surface area contributed by atoms with Crippen molar-refractivity contribution in [3.05, 3.63) is 108 Å². The first kappa shape index (κ1) is 25.1. The van der Waals surface area contributed by atoms with E-state index in [-0.39, 0.29) is 42.7 Å². The number of carbonyl (C=O) groups is 1. The van der Waals surface area contributed by atoms with Crippen LogP contribution in [0.25, 0.3) is 17.1 Å². The minimum Gasteiger partial charge on any atom is -0.348 e. The van der Waals surface area contributed by atoms with E-state index in [1.54, 1.807) is 18.3 Å². The van der Waals surface area contributed by atoms with Crippen LogP contribution >= 0.6 is 24.8 Å². The molecule has 2 heterocycles. The number of fused-ring (bicyclic) bond motifs is 1. The Morgan fingerprint density at radius 3 is 2.19 bits per heavy atom. The van der Waals surface area contributed by atoms with Crippen LogP contribution in [0.4, 0.5) is 0 Å². The van der Waals surface area contributed by atoms with Gasteiger partial charge in [0.05, 0.1) is 6.04 Å². The maximum Gasteiger partial charge on any atom is 0.244 e. The number of carbonyl (C=O) groups excluding carboxylic acids is 1. The molecule has 0 unspecified atom stereocenters. The summed E-state index contributed by atoms with van der Waals surface area (Å²) in [5.41, 5.74) is 10.1. The van der Waals surface area contributed by atoms with E-state index in [9.17, 15) is 4.79 Å². The highest BCUT2D eigenvalue weighted by atomic mass is 35.5. The lowest BCUT2D eigenvalue weighted by atomic mass is 9.85. The first-order valence-corrected chi connectivity index (χ1v) is 9.97. The van der Waals surface area contributed by atoms with Gasteiger partial charge in [-0.05, 0) is 29.3 Å². The van der Waals surface area contributed by atoms with Crippen molar-refractivity contribution < 1.29 is 4.79 Å². The third kappa shape index (κ3) is 5.77. The Bertz CT molecular complexity index is 1110. The third-order valence-corrected chi connectivity index (χ3v) is 5.20. The highest BCUT2D eigenvalue weighted by Gasteiger charge is 2.24. The summed E-state index contributed by atoms with van der Waals surface area (Å²) >= 11 is 0. The van der Waals surface area contributed by atoms with Gasteiger partial charge in [-0.3, -0.25) is 4.79 Å². The van der Waals surface area contributed by atoms with Crippen LogP contribution in [0.2, 0.25) is 0 Å². The van der Waals surface area contributed by atoms with Gasteiger partial charge in [-0.15, -0.1) is 24.8 Å². The normalized spacial score (nSPS) is 11.7. The van der Waals surface area contributed by atoms with E-state index in [0.717, 1.165) is 27.7 Å². The minimum atomic E-state index is -0.239. The minimum absolute atomic E-state index is 0. The maximum atomic E-state index is 12.7. The molecule has 0 radical (unpaired) electrons. The number of aromatic amines is 1. The molecular weight excluding hydrogens is 443 g/mol. The number of hydrogen-bond donors (Lipinski definition) is 3. The van der Waals surface area contributed by atoms with Crippen LogP contribution in [-0.4, -0.2) is 28.5 Å². The molecule has 0 aliphatic heterocycles. The summed E-state index contributed by atoms with van der Waals surface area (Å²) in [7, 11) is 0. The van der Waals surface area contributed by atoms with Gasteiger partial charge in [-0.25, -0.2) is 4.98 Å². The number of rotatable bonds is 7. The van der Waals surface area contributed by atoms with Gasteiger partial charge in [-0.2, -0.15) is 0 Å². The number of benzene rings is 2. The van der Waals surface area contributed by atoms with Gasteiger partial charge in [-0.1, -0.05) is 60.7 Å². The van der Waals surface area contributed by atoms with Crippen molar-refractivity contribution >= 4 is 47.8 Å². The Morgan fingerprint density at radius 1 is 0.969 bits per heavy atom. The molecule has 0 saturated heterocycles. The summed E-state index contributed by atoms with van der Waals surface area (Å²) < 4.78 is 0. The average molecular weight is 469 g/mol. The van der Waals surface area contributed by atoms with Crippen LogP contribution in [0, 0.1) is 0 Å². The Hall–Kier alpha value is -3.12. The van der Waals surface area contributed by atoms with Crippen LogP contribution in [0.5, 0.6) is 0 Å². The quantitative estimate of drug-likeness (QED) is 0.343. The largest absolute Gasteiger partial charge is 0.348 e. The lowest BCUT2D eigenvalue weighted by Crippen LogP contribution is -2.44. The highest BCUT2D eigenvalue weighted by molar-refractivity contribution is 5.95. The number of halogens is 2. The Balaban J connectivity index is 0.00000181. The van der Waals surface area contributed by atoms with Crippen molar-refractivity contribution in [1.29, 1.82) is 0 Å². The second-order valence-electron chi connectivity index (χ2n) is 7.13. The average Bonchev–Trinajstić information content (AvgIpc) is 3.22. The van der Waals surface area contributed by atoms with Crippen molar-refractivity contribution in [1.82, 2.24) is 15.3 Å². The third-order valence-electron chi connectivity index (χ3n) is 5.20. The van der Waals surface area contributed by atoms with Crippen LogP contribution in [0.1, 0.15) is 22.6 Å². The smallest absolute Gasteiger partial charge is 0.244 e. The highest BCUT2D eigenvalue weighted by Crippen LogP contribution is 2.28. The molecule has 166 valence electrons. The topological polar surface area (TPSA) is 83.8 Å². The zero-order chi connectivity index (χ0) is 20.8. The van der Waals surface area contributed by atoms with Gasteiger partial charge in [0.15, 0.2) is 0 Å². The molecule has 5 nitrogen and oxygen atoms in total. The Kier molecular flexibility index (Phi) is 9.47. The monoisotopic (exact) mass is 468 g/mol. The van der Waals surface area contributed by atoms with Crippen molar-refractivity contribution in [2.75, 3.05) is 6.54 Å². The molecule has 32 heavy (non-hydrogen) atoms. The number of aromatic nitrogens is 2. The number of H-pyrrole nitrogens is 1. The van der Waals surface area contributed by atoms with E-state index in [2.05, 4.69) is 39.6 Å². The van der Waals surface area contributed by atoms with Crippen LogP contribution in [-0.2, 0) is 4.79 Å². The molecule has 4 aromatic rings. The first-order valence-electron chi connectivity index (χ1n) is 9.97. The summed E-state index contributed by atoms with van der Waals surface area (Å²) in [4.78, 5) is 20.1. The van der Waals surface area contributed by atoms with Crippen molar-refractivity contribution in [3.8, 4) is 0 Å². The molecule has 0 saturated carbocycles. The number of amides is 1. The molecule has 0 aliphatic carbocycles. The fourth-order valence-corrected chi connectivity index (χ4v) is 3.77. The number of nitrogens with two attached hydrogens (primary N) is 1. The van der Waals surface area contributed by atoms with E-state index >= 15 is 0 Å². The summed E-state index contributed by atoms with van der Waals surface area (Å²) in [5, 5.41) is 4.07. The molecule has 1 amide bonds. The van der Waals surface area contributed by atoms with Gasteiger partial charge < -0.3 is 16.0 Å². The zero-order valence-electron chi connectivity index (χ0n) is 17.3. The zero-order valence-corrected chi connectivity index (χ0v) is 19.0. The molecule has 0 spiro atoms. The van der Waals surface area contributed by atoms with E-state index in [1.165, 1.54) is 0 Å². The lowest BCUT2D eigenvalue weighted by molar-refractivity contribution is -0.117. The van der Waals surface area contributed by atoms with Gasteiger partial charge >= 0.3 is 0 Å². The molecule has 7 heteroatoms. The summed E-state index contributed by atoms with van der Waals surface area (Å²) in [5.74, 6) is -0.215. The van der Waals surface area contributed by atoms with E-state index in [0.29, 0.717) is 6.54 Å². The van der Waals surface area contributed by atoms with Gasteiger partial charge in [0.1, 0.15) is 5.65 Å². The molecule has 0 bridgehead atoms. The predicted molar refractivity (Wildman–Crippen MR) is 135 cm³/mol. The van der Waals surface area contributed by atoms with Crippen molar-refractivity contribution in [2.24, 2.45) is 5.73 Å². The summed E-state index contributed by atoms with van der Waals surface area (Å²) in [6, 6.07) is 23.9. The van der Waals surface area contributed by atoms with Gasteiger partial charge in [0, 0.05) is 41.9 Å². The van der Waals surface area contributed by atoms with E-state index in [1.807, 2.05) is 54.7 Å². The molecule has 0 fully saturated rings. The number of hydrogen-bond acceptors (Lipinski definition) is 3. The molecule has 1 atom stereocenters.